The fourth-order valence-corrected chi connectivity index (χ4v) is 4.22. The summed E-state index contributed by atoms with van der Waals surface area (Å²) >= 11 is 5.95. The summed E-state index contributed by atoms with van der Waals surface area (Å²) in [7, 11) is 0. The van der Waals surface area contributed by atoms with Crippen molar-refractivity contribution < 1.29 is 13.2 Å². The summed E-state index contributed by atoms with van der Waals surface area (Å²) in [6, 6.07) is 27.8. The third kappa shape index (κ3) is 4.55. The van der Waals surface area contributed by atoms with Gasteiger partial charge in [0.15, 0.2) is 0 Å². The molecule has 34 heavy (non-hydrogen) atoms. The van der Waals surface area contributed by atoms with Gasteiger partial charge in [-0.05, 0) is 65.1 Å². The maximum absolute atomic E-state index is 13.2. The molecular formula is C29H19ClF3N. The smallest absolute Gasteiger partial charge is 0.256 e. The van der Waals surface area contributed by atoms with Crippen LogP contribution in [0.1, 0.15) is 11.1 Å². The van der Waals surface area contributed by atoms with Gasteiger partial charge in [0, 0.05) is 22.2 Å². The van der Waals surface area contributed by atoms with Crippen LogP contribution >= 0.6 is 11.6 Å². The van der Waals surface area contributed by atoms with Crippen LogP contribution in [-0.4, -0.2) is 4.98 Å². The Morgan fingerprint density at radius 1 is 0.618 bits per heavy atom. The van der Waals surface area contributed by atoms with Crippen molar-refractivity contribution in [2.45, 2.75) is 13.1 Å². The molecule has 0 atom stereocenters. The van der Waals surface area contributed by atoms with E-state index < -0.39 is 11.7 Å². The maximum Gasteiger partial charge on any atom is 0.416 e. The Balaban J connectivity index is 1.46. The third-order valence-corrected chi connectivity index (χ3v) is 6.06. The number of pyridine rings is 1. The van der Waals surface area contributed by atoms with Crippen molar-refractivity contribution >= 4 is 22.5 Å². The first kappa shape index (κ1) is 22.2. The molecule has 1 heterocycles. The first-order chi connectivity index (χ1) is 16.3. The highest BCUT2D eigenvalue weighted by atomic mass is 35.5. The normalized spacial score (nSPS) is 11.7. The second kappa shape index (κ2) is 8.62. The van der Waals surface area contributed by atoms with Crippen molar-refractivity contribution in [3.8, 4) is 33.4 Å². The minimum Gasteiger partial charge on any atom is -0.256 e. The molecule has 4 aromatic carbocycles. The molecule has 0 saturated heterocycles. The summed E-state index contributed by atoms with van der Waals surface area (Å²) in [5.41, 5.74) is 6.50. The Bertz CT molecular complexity index is 1490. The second-order valence-electron chi connectivity index (χ2n) is 8.30. The molecule has 0 fully saturated rings. The van der Waals surface area contributed by atoms with Gasteiger partial charge in [-0.1, -0.05) is 77.8 Å². The lowest BCUT2D eigenvalue weighted by Gasteiger charge is -2.11. The Hall–Kier alpha value is -3.63. The molecule has 0 bridgehead atoms. The van der Waals surface area contributed by atoms with E-state index in [0.29, 0.717) is 16.6 Å². The lowest BCUT2D eigenvalue weighted by molar-refractivity contribution is -0.137. The van der Waals surface area contributed by atoms with Crippen LogP contribution in [-0.2, 0) is 6.18 Å². The van der Waals surface area contributed by atoms with Crippen molar-refractivity contribution in [2.24, 2.45) is 0 Å². The number of rotatable bonds is 3. The molecule has 5 rings (SSSR count). The van der Waals surface area contributed by atoms with Gasteiger partial charge in [-0.15, -0.1) is 0 Å². The molecule has 5 aromatic rings. The fourth-order valence-electron chi connectivity index (χ4n) is 3.98. The minimum atomic E-state index is -4.46. The summed E-state index contributed by atoms with van der Waals surface area (Å²) in [5.74, 6) is 0. The van der Waals surface area contributed by atoms with Crippen molar-refractivity contribution in [1.29, 1.82) is 0 Å². The van der Waals surface area contributed by atoms with Crippen LogP contribution in [0.5, 0.6) is 0 Å². The molecule has 0 aliphatic carbocycles. The molecule has 1 nitrogen and oxygen atoms in total. The largest absolute Gasteiger partial charge is 0.416 e. The summed E-state index contributed by atoms with van der Waals surface area (Å²) in [6.07, 6.45) is -2.68. The predicted octanol–water partition coefficient (Wildman–Crippen LogP) is 9.22. The van der Waals surface area contributed by atoms with Gasteiger partial charge in [-0.2, -0.15) is 13.2 Å². The van der Waals surface area contributed by atoms with Crippen LogP contribution < -0.4 is 0 Å². The number of alkyl halides is 3. The average molecular weight is 474 g/mol. The standard InChI is InChI=1S/C29H19ClF3N/c1-18-2-4-19(5-3-18)20-6-8-21(9-7-20)25-12-23-11-10-22(15-28(23)34-17-25)24-13-26(29(31,32)33)16-27(30)14-24/h2-17H,1H3. The van der Waals surface area contributed by atoms with Gasteiger partial charge in [0.2, 0.25) is 0 Å². The number of aromatic nitrogens is 1. The van der Waals surface area contributed by atoms with E-state index in [1.54, 1.807) is 18.3 Å². The van der Waals surface area contributed by atoms with Gasteiger partial charge < -0.3 is 0 Å². The summed E-state index contributed by atoms with van der Waals surface area (Å²) in [5, 5.41) is 0.948. The number of hydrogen-bond acceptors (Lipinski definition) is 1. The number of benzene rings is 4. The van der Waals surface area contributed by atoms with Crippen LogP contribution in [0.4, 0.5) is 13.2 Å². The fraction of sp³-hybridized carbons (Fsp3) is 0.0690. The average Bonchev–Trinajstić information content (AvgIpc) is 2.83. The summed E-state index contributed by atoms with van der Waals surface area (Å²) in [6.45, 7) is 2.07. The van der Waals surface area contributed by atoms with Gasteiger partial charge >= 0.3 is 6.18 Å². The Kier molecular flexibility index (Phi) is 5.62. The van der Waals surface area contributed by atoms with Crippen LogP contribution in [0.15, 0.2) is 97.2 Å². The second-order valence-corrected chi connectivity index (χ2v) is 8.74. The molecular weight excluding hydrogens is 455 g/mol. The van der Waals surface area contributed by atoms with E-state index in [0.717, 1.165) is 39.8 Å². The zero-order chi connectivity index (χ0) is 23.9. The van der Waals surface area contributed by atoms with E-state index in [9.17, 15) is 13.2 Å². The highest BCUT2D eigenvalue weighted by molar-refractivity contribution is 6.31. The number of aryl methyl sites for hydroxylation is 1. The van der Waals surface area contributed by atoms with Crippen LogP contribution in [0.2, 0.25) is 5.02 Å². The molecule has 0 amide bonds. The topological polar surface area (TPSA) is 12.9 Å². The molecule has 0 saturated carbocycles. The van der Waals surface area contributed by atoms with E-state index in [1.807, 2.05) is 12.1 Å². The van der Waals surface area contributed by atoms with E-state index >= 15 is 0 Å². The predicted molar refractivity (Wildman–Crippen MR) is 133 cm³/mol. The number of halogens is 4. The Morgan fingerprint density at radius 3 is 1.85 bits per heavy atom. The van der Waals surface area contributed by atoms with Crippen LogP contribution in [0.3, 0.4) is 0 Å². The van der Waals surface area contributed by atoms with Gasteiger partial charge in [-0.25, -0.2) is 0 Å². The zero-order valence-corrected chi connectivity index (χ0v) is 19.0. The summed E-state index contributed by atoms with van der Waals surface area (Å²) in [4.78, 5) is 4.57. The monoisotopic (exact) mass is 473 g/mol. The van der Waals surface area contributed by atoms with Gasteiger partial charge in [0.1, 0.15) is 0 Å². The molecule has 0 radical (unpaired) electrons. The number of fused-ring (bicyclic) bond motifs is 1. The SMILES string of the molecule is Cc1ccc(-c2ccc(-c3cnc4cc(-c5cc(Cl)cc(C(F)(F)F)c5)ccc4c3)cc2)cc1. The molecule has 0 aliphatic heterocycles. The quantitative estimate of drug-likeness (QED) is 0.254. The van der Waals surface area contributed by atoms with Crippen molar-refractivity contribution in [2.75, 3.05) is 0 Å². The lowest BCUT2D eigenvalue weighted by atomic mass is 9.98. The highest BCUT2D eigenvalue weighted by Crippen LogP contribution is 2.36. The van der Waals surface area contributed by atoms with E-state index in [-0.39, 0.29) is 5.02 Å². The zero-order valence-electron chi connectivity index (χ0n) is 18.2. The van der Waals surface area contributed by atoms with Crippen molar-refractivity contribution in [1.82, 2.24) is 4.98 Å². The molecule has 0 aliphatic rings. The molecule has 1 aromatic heterocycles. The molecule has 5 heteroatoms. The van der Waals surface area contributed by atoms with Gasteiger partial charge in [0.05, 0.1) is 11.1 Å². The number of nitrogens with zero attached hydrogens (tertiary/aromatic N) is 1. The van der Waals surface area contributed by atoms with Crippen LogP contribution in [0.25, 0.3) is 44.3 Å². The third-order valence-electron chi connectivity index (χ3n) is 5.85. The van der Waals surface area contributed by atoms with E-state index in [4.69, 9.17) is 11.6 Å². The van der Waals surface area contributed by atoms with Gasteiger partial charge in [0.25, 0.3) is 0 Å². The Morgan fingerprint density at radius 2 is 1.21 bits per heavy atom. The van der Waals surface area contributed by atoms with Crippen LogP contribution in [0, 0.1) is 6.92 Å². The first-order valence-corrected chi connectivity index (χ1v) is 11.1. The minimum absolute atomic E-state index is 0.0438. The first-order valence-electron chi connectivity index (χ1n) is 10.7. The van der Waals surface area contributed by atoms with Crippen molar-refractivity contribution in [3.63, 3.8) is 0 Å². The van der Waals surface area contributed by atoms with E-state index in [2.05, 4.69) is 60.4 Å². The molecule has 0 spiro atoms. The van der Waals surface area contributed by atoms with Crippen molar-refractivity contribution in [3.05, 3.63) is 113 Å². The Labute approximate surface area is 200 Å². The lowest BCUT2D eigenvalue weighted by Crippen LogP contribution is -2.04. The highest BCUT2D eigenvalue weighted by Gasteiger charge is 2.31. The molecule has 168 valence electrons. The molecule has 0 N–H and O–H groups in total. The molecule has 0 unspecified atom stereocenters. The maximum atomic E-state index is 13.2. The van der Waals surface area contributed by atoms with Gasteiger partial charge in [-0.3, -0.25) is 4.98 Å². The van der Waals surface area contributed by atoms with E-state index in [1.165, 1.54) is 11.6 Å². The summed E-state index contributed by atoms with van der Waals surface area (Å²) < 4.78 is 39.6. The number of hydrogen-bond donors (Lipinski definition) is 0.